The summed E-state index contributed by atoms with van der Waals surface area (Å²) in [5, 5.41) is 3.50. The molecule has 1 aliphatic rings. The van der Waals surface area contributed by atoms with E-state index >= 15 is 0 Å². The summed E-state index contributed by atoms with van der Waals surface area (Å²) >= 11 is 0. The molecule has 0 amide bonds. The van der Waals surface area contributed by atoms with Gasteiger partial charge in [-0.1, -0.05) is 41.5 Å². The van der Waals surface area contributed by atoms with Gasteiger partial charge in [-0.05, 0) is 23.7 Å². The predicted molar refractivity (Wildman–Crippen MR) is 80.4 cm³/mol. The Morgan fingerprint density at radius 2 is 1.74 bits per heavy atom. The lowest BCUT2D eigenvalue weighted by molar-refractivity contribution is 0.457. The summed E-state index contributed by atoms with van der Waals surface area (Å²) in [5.41, 5.74) is 1.88. The summed E-state index contributed by atoms with van der Waals surface area (Å²) in [6.45, 7) is 16.7. The van der Waals surface area contributed by atoms with Gasteiger partial charge in [-0.3, -0.25) is 0 Å². The molecule has 0 spiro atoms. The number of anilines is 1. The van der Waals surface area contributed by atoms with Crippen LogP contribution in [0.25, 0.3) is 0 Å². The zero-order chi connectivity index (χ0) is 14.4. The Balaban J connectivity index is 2.05. The van der Waals surface area contributed by atoms with Gasteiger partial charge in [-0.15, -0.1) is 0 Å². The van der Waals surface area contributed by atoms with E-state index in [1.807, 2.05) is 13.0 Å². The van der Waals surface area contributed by atoms with E-state index in [0.29, 0.717) is 22.7 Å². The highest BCUT2D eigenvalue weighted by atomic mass is 15.0. The second-order valence-corrected chi connectivity index (χ2v) is 7.28. The van der Waals surface area contributed by atoms with E-state index < -0.39 is 0 Å². The smallest absolute Gasteiger partial charge is 0.133 e. The molecule has 2 rings (SSSR count). The summed E-state index contributed by atoms with van der Waals surface area (Å²) in [6, 6.07) is 2.04. The van der Waals surface area contributed by atoms with Crippen LogP contribution in [0.15, 0.2) is 6.07 Å². The lowest BCUT2D eigenvalue weighted by Crippen LogP contribution is -2.11. The Morgan fingerprint density at radius 3 is 2.21 bits per heavy atom. The van der Waals surface area contributed by atoms with Gasteiger partial charge < -0.3 is 5.32 Å². The van der Waals surface area contributed by atoms with Crippen LogP contribution < -0.4 is 5.32 Å². The normalized spacial score (nSPS) is 20.6. The largest absolute Gasteiger partial charge is 0.370 e. The lowest BCUT2D eigenvalue weighted by atomic mass is 10.0. The Kier molecular flexibility index (Phi) is 3.36. The molecular weight excluding hydrogens is 234 g/mol. The fourth-order valence-corrected chi connectivity index (χ4v) is 2.99. The summed E-state index contributed by atoms with van der Waals surface area (Å²) in [5.74, 6) is 2.97. The molecule has 0 saturated heterocycles. The van der Waals surface area contributed by atoms with E-state index in [2.05, 4.69) is 56.8 Å². The standard InChI is InChI=1S/C16H27N3/c1-10(2)14-18-11(3)8-13(19-14)17-9-12-15(4,5)16(12,6)7/h8,10,12H,9H2,1-7H3,(H,17,18,19). The quantitative estimate of drug-likeness (QED) is 0.890. The highest BCUT2D eigenvalue weighted by Crippen LogP contribution is 2.68. The van der Waals surface area contributed by atoms with E-state index in [1.165, 1.54) is 0 Å². The van der Waals surface area contributed by atoms with Gasteiger partial charge in [0.25, 0.3) is 0 Å². The van der Waals surface area contributed by atoms with E-state index in [-0.39, 0.29) is 0 Å². The summed E-state index contributed by atoms with van der Waals surface area (Å²) < 4.78 is 0. The van der Waals surface area contributed by atoms with E-state index in [9.17, 15) is 0 Å². The molecule has 1 aromatic heterocycles. The minimum Gasteiger partial charge on any atom is -0.370 e. The van der Waals surface area contributed by atoms with Crippen LogP contribution >= 0.6 is 0 Å². The second-order valence-electron chi connectivity index (χ2n) is 7.28. The van der Waals surface area contributed by atoms with Crippen LogP contribution in [0.5, 0.6) is 0 Å². The van der Waals surface area contributed by atoms with Crippen molar-refractivity contribution in [3.8, 4) is 0 Å². The maximum absolute atomic E-state index is 4.61. The summed E-state index contributed by atoms with van der Waals surface area (Å²) in [4.78, 5) is 9.09. The molecule has 0 aliphatic heterocycles. The van der Waals surface area contributed by atoms with Crippen LogP contribution in [-0.4, -0.2) is 16.5 Å². The van der Waals surface area contributed by atoms with Crippen molar-refractivity contribution in [3.63, 3.8) is 0 Å². The third kappa shape index (κ3) is 2.47. The van der Waals surface area contributed by atoms with Crippen molar-refractivity contribution in [2.75, 3.05) is 11.9 Å². The number of aryl methyl sites for hydroxylation is 1. The minimum absolute atomic E-state index is 0.370. The maximum atomic E-state index is 4.61. The van der Waals surface area contributed by atoms with Crippen molar-refractivity contribution in [2.45, 2.75) is 54.4 Å². The summed E-state index contributed by atoms with van der Waals surface area (Å²) in [7, 11) is 0. The molecule has 1 saturated carbocycles. The van der Waals surface area contributed by atoms with Crippen molar-refractivity contribution < 1.29 is 0 Å². The monoisotopic (exact) mass is 261 g/mol. The Hall–Kier alpha value is -1.12. The fourth-order valence-electron chi connectivity index (χ4n) is 2.99. The predicted octanol–water partition coefficient (Wildman–Crippen LogP) is 4.00. The van der Waals surface area contributed by atoms with Crippen molar-refractivity contribution in [1.82, 2.24) is 9.97 Å². The molecule has 1 aromatic rings. The molecule has 0 unspecified atom stereocenters. The van der Waals surface area contributed by atoms with Crippen LogP contribution in [-0.2, 0) is 0 Å². The van der Waals surface area contributed by atoms with Gasteiger partial charge >= 0.3 is 0 Å². The van der Waals surface area contributed by atoms with E-state index in [1.54, 1.807) is 0 Å². The Bertz CT molecular complexity index is 461. The van der Waals surface area contributed by atoms with Gasteiger partial charge in [0.15, 0.2) is 0 Å². The Labute approximate surface area is 117 Å². The molecule has 0 aromatic carbocycles. The van der Waals surface area contributed by atoms with Crippen LogP contribution in [0, 0.1) is 23.7 Å². The third-order valence-electron chi connectivity index (χ3n) is 5.19. The van der Waals surface area contributed by atoms with Crippen molar-refractivity contribution in [3.05, 3.63) is 17.6 Å². The molecule has 0 radical (unpaired) electrons. The highest BCUT2D eigenvalue weighted by Gasteiger charge is 2.64. The molecule has 1 N–H and O–H groups in total. The lowest BCUT2D eigenvalue weighted by Gasteiger charge is -2.11. The highest BCUT2D eigenvalue weighted by molar-refractivity contribution is 5.37. The first kappa shape index (κ1) is 14.3. The molecule has 3 nitrogen and oxygen atoms in total. The number of hydrogen-bond donors (Lipinski definition) is 1. The average molecular weight is 261 g/mol. The molecule has 0 bridgehead atoms. The van der Waals surface area contributed by atoms with E-state index in [4.69, 9.17) is 0 Å². The van der Waals surface area contributed by atoms with Gasteiger partial charge in [0.2, 0.25) is 0 Å². The van der Waals surface area contributed by atoms with Crippen LogP contribution in [0.1, 0.15) is 59.0 Å². The number of nitrogens with zero attached hydrogens (tertiary/aromatic N) is 2. The number of nitrogens with one attached hydrogen (secondary N) is 1. The van der Waals surface area contributed by atoms with Gasteiger partial charge in [0.05, 0.1) is 0 Å². The summed E-state index contributed by atoms with van der Waals surface area (Å²) in [6.07, 6.45) is 0. The zero-order valence-electron chi connectivity index (χ0n) is 13.3. The first-order chi connectivity index (χ1) is 8.66. The van der Waals surface area contributed by atoms with Crippen molar-refractivity contribution >= 4 is 5.82 Å². The van der Waals surface area contributed by atoms with Crippen LogP contribution in [0.2, 0.25) is 0 Å². The van der Waals surface area contributed by atoms with Gasteiger partial charge in [0, 0.05) is 24.2 Å². The minimum atomic E-state index is 0.370. The number of aromatic nitrogens is 2. The first-order valence-electron chi connectivity index (χ1n) is 7.25. The molecule has 1 aliphatic carbocycles. The molecule has 1 heterocycles. The molecule has 3 heteroatoms. The molecule has 0 atom stereocenters. The fraction of sp³-hybridized carbons (Fsp3) is 0.750. The van der Waals surface area contributed by atoms with Gasteiger partial charge in [-0.2, -0.15) is 0 Å². The third-order valence-corrected chi connectivity index (χ3v) is 5.19. The van der Waals surface area contributed by atoms with Gasteiger partial charge in [-0.25, -0.2) is 9.97 Å². The zero-order valence-corrected chi connectivity index (χ0v) is 13.3. The van der Waals surface area contributed by atoms with E-state index in [0.717, 1.165) is 23.9 Å². The van der Waals surface area contributed by atoms with Crippen molar-refractivity contribution in [1.29, 1.82) is 0 Å². The molecule has 106 valence electrons. The van der Waals surface area contributed by atoms with Crippen molar-refractivity contribution in [2.24, 2.45) is 16.7 Å². The molecular formula is C16H27N3. The second kappa shape index (κ2) is 4.46. The number of rotatable bonds is 4. The van der Waals surface area contributed by atoms with Crippen LogP contribution in [0.3, 0.4) is 0 Å². The Morgan fingerprint density at radius 1 is 1.16 bits per heavy atom. The topological polar surface area (TPSA) is 37.8 Å². The van der Waals surface area contributed by atoms with Crippen LogP contribution in [0.4, 0.5) is 5.82 Å². The SMILES string of the molecule is Cc1cc(NCC2C(C)(C)C2(C)C)nc(C(C)C)n1. The van der Waals surface area contributed by atoms with Gasteiger partial charge in [0.1, 0.15) is 11.6 Å². The molecule has 1 fully saturated rings. The average Bonchev–Trinajstić information content (AvgIpc) is 2.66. The molecule has 19 heavy (non-hydrogen) atoms. The maximum Gasteiger partial charge on any atom is 0.133 e. The first-order valence-corrected chi connectivity index (χ1v) is 7.25. The number of hydrogen-bond acceptors (Lipinski definition) is 3.